The van der Waals surface area contributed by atoms with Crippen molar-refractivity contribution in [3.05, 3.63) is 89.7 Å². The van der Waals surface area contributed by atoms with Crippen molar-refractivity contribution in [1.29, 1.82) is 0 Å². The van der Waals surface area contributed by atoms with Crippen molar-refractivity contribution in [2.45, 2.75) is 17.1 Å². The number of ether oxygens (including phenoxy) is 1. The van der Waals surface area contributed by atoms with Crippen LogP contribution in [0.4, 0.5) is 0 Å². The molecule has 0 bridgehead atoms. The molecular formula is C22H22N2O4S. The minimum Gasteiger partial charge on any atom is -0.496 e. The number of aromatic nitrogens is 1. The van der Waals surface area contributed by atoms with Crippen LogP contribution in [0.15, 0.2) is 78.0 Å². The number of benzene rings is 2. The summed E-state index contributed by atoms with van der Waals surface area (Å²) in [5.41, 5.74) is 1.81. The molecule has 0 aliphatic heterocycles. The van der Waals surface area contributed by atoms with E-state index in [4.69, 9.17) is 4.74 Å². The Labute approximate surface area is 170 Å². The maximum absolute atomic E-state index is 13.3. The van der Waals surface area contributed by atoms with E-state index >= 15 is 0 Å². The highest BCUT2D eigenvalue weighted by atomic mass is 32.2. The third-order valence-electron chi connectivity index (χ3n) is 4.58. The first-order valence-electron chi connectivity index (χ1n) is 9.05. The van der Waals surface area contributed by atoms with E-state index in [1.54, 1.807) is 66.9 Å². The van der Waals surface area contributed by atoms with E-state index in [0.717, 1.165) is 5.56 Å². The van der Waals surface area contributed by atoms with Gasteiger partial charge in [-0.1, -0.05) is 35.9 Å². The normalized spacial score (nSPS) is 12.2. The molecule has 29 heavy (non-hydrogen) atoms. The zero-order chi connectivity index (χ0) is 20.9. The number of aryl methyl sites for hydroxylation is 1. The quantitative estimate of drug-likeness (QED) is 0.646. The fourth-order valence-corrected chi connectivity index (χ4v) is 4.62. The lowest BCUT2D eigenvalue weighted by Crippen LogP contribution is -2.32. The van der Waals surface area contributed by atoms with E-state index in [9.17, 15) is 13.2 Å². The van der Waals surface area contributed by atoms with Crippen LogP contribution in [0.1, 0.15) is 26.7 Å². The van der Waals surface area contributed by atoms with Crippen molar-refractivity contribution in [1.82, 2.24) is 10.3 Å². The number of sulfone groups is 1. The summed E-state index contributed by atoms with van der Waals surface area (Å²) in [5.74, 6) is 0.0137. The van der Waals surface area contributed by atoms with Gasteiger partial charge in [0, 0.05) is 18.9 Å². The molecule has 1 amide bonds. The first kappa shape index (κ1) is 20.5. The van der Waals surface area contributed by atoms with Crippen molar-refractivity contribution in [3.63, 3.8) is 0 Å². The Kier molecular flexibility index (Phi) is 6.29. The van der Waals surface area contributed by atoms with Crippen molar-refractivity contribution in [2.24, 2.45) is 0 Å². The van der Waals surface area contributed by atoms with Crippen LogP contribution in [0.3, 0.4) is 0 Å². The maximum Gasteiger partial charge on any atom is 0.255 e. The molecule has 6 nitrogen and oxygen atoms in total. The first-order chi connectivity index (χ1) is 13.9. The largest absolute Gasteiger partial charge is 0.496 e. The number of hydrogen-bond donors (Lipinski definition) is 1. The van der Waals surface area contributed by atoms with E-state index in [1.165, 1.54) is 13.3 Å². The van der Waals surface area contributed by atoms with Gasteiger partial charge in [-0.2, -0.15) is 0 Å². The number of carbonyl (C=O) groups is 1. The Morgan fingerprint density at radius 1 is 1.07 bits per heavy atom. The first-order valence-corrected chi connectivity index (χ1v) is 10.6. The molecule has 0 saturated carbocycles. The lowest BCUT2D eigenvalue weighted by atomic mass is 10.1. The zero-order valence-electron chi connectivity index (χ0n) is 16.2. The second-order valence-corrected chi connectivity index (χ2v) is 8.67. The van der Waals surface area contributed by atoms with Crippen molar-refractivity contribution < 1.29 is 17.9 Å². The maximum atomic E-state index is 13.3. The molecule has 1 heterocycles. The topological polar surface area (TPSA) is 85.4 Å². The highest BCUT2D eigenvalue weighted by molar-refractivity contribution is 7.91. The van der Waals surface area contributed by atoms with Gasteiger partial charge < -0.3 is 10.1 Å². The molecule has 2 aromatic carbocycles. The van der Waals surface area contributed by atoms with Crippen LogP contribution in [0.25, 0.3) is 0 Å². The monoisotopic (exact) mass is 410 g/mol. The predicted molar refractivity (Wildman–Crippen MR) is 111 cm³/mol. The Hall–Kier alpha value is -3.19. The Morgan fingerprint density at radius 2 is 1.79 bits per heavy atom. The van der Waals surface area contributed by atoms with Gasteiger partial charge in [0.05, 0.1) is 17.6 Å². The molecular weight excluding hydrogens is 388 g/mol. The predicted octanol–water partition coefficient (Wildman–Crippen LogP) is 3.34. The molecule has 3 rings (SSSR count). The van der Waals surface area contributed by atoms with Gasteiger partial charge in [-0.3, -0.25) is 9.78 Å². The molecule has 0 unspecified atom stereocenters. The Morgan fingerprint density at radius 3 is 2.45 bits per heavy atom. The molecule has 0 spiro atoms. The fourth-order valence-electron chi connectivity index (χ4n) is 2.98. The SMILES string of the molecule is COc1ccccc1C(=O)NC[C@H](c1cccnc1)S(=O)(=O)c1ccc(C)cc1. The number of amides is 1. The average Bonchev–Trinajstić information content (AvgIpc) is 2.74. The molecule has 0 aliphatic carbocycles. The fraction of sp³-hybridized carbons (Fsp3) is 0.182. The Balaban J connectivity index is 1.91. The summed E-state index contributed by atoms with van der Waals surface area (Å²) in [7, 11) is -2.27. The minimum atomic E-state index is -3.75. The van der Waals surface area contributed by atoms with Gasteiger partial charge in [0.2, 0.25) is 0 Å². The number of methoxy groups -OCH3 is 1. The minimum absolute atomic E-state index is 0.0984. The van der Waals surface area contributed by atoms with Gasteiger partial charge in [0.1, 0.15) is 11.0 Å². The van der Waals surface area contributed by atoms with Crippen LogP contribution in [-0.2, 0) is 9.84 Å². The number of carbonyl (C=O) groups excluding carboxylic acids is 1. The van der Waals surface area contributed by atoms with Crippen LogP contribution in [-0.4, -0.2) is 33.0 Å². The van der Waals surface area contributed by atoms with Gasteiger partial charge in [-0.15, -0.1) is 0 Å². The van der Waals surface area contributed by atoms with E-state index in [-0.39, 0.29) is 11.4 Å². The highest BCUT2D eigenvalue weighted by Gasteiger charge is 2.30. The van der Waals surface area contributed by atoms with Gasteiger partial charge in [0.25, 0.3) is 5.91 Å². The summed E-state index contributed by atoms with van der Waals surface area (Å²) in [4.78, 5) is 16.9. The summed E-state index contributed by atoms with van der Waals surface area (Å²) in [6.45, 7) is 1.79. The molecule has 1 aromatic heterocycles. The number of hydrogen-bond acceptors (Lipinski definition) is 5. The van der Waals surface area contributed by atoms with Crippen LogP contribution >= 0.6 is 0 Å². The van der Waals surface area contributed by atoms with E-state index in [0.29, 0.717) is 16.9 Å². The number of pyridine rings is 1. The molecule has 0 saturated heterocycles. The molecule has 1 N–H and O–H groups in total. The van der Waals surface area contributed by atoms with Gasteiger partial charge >= 0.3 is 0 Å². The molecule has 3 aromatic rings. The summed E-state index contributed by atoms with van der Waals surface area (Å²) in [6.07, 6.45) is 3.08. The van der Waals surface area contributed by atoms with Crippen LogP contribution in [0, 0.1) is 6.92 Å². The molecule has 0 radical (unpaired) electrons. The van der Waals surface area contributed by atoms with E-state index in [1.807, 2.05) is 6.92 Å². The van der Waals surface area contributed by atoms with Crippen molar-refractivity contribution in [2.75, 3.05) is 13.7 Å². The van der Waals surface area contributed by atoms with Crippen LogP contribution < -0.4 is 10.1 Å². The highest BCUT2D eigenvalue weighted by Crippen LogP contribution is 2.28. The van der Waals surface area contributed by atoms with Crippen molar-refractivity contribution >= 4 is 15.7 Å². The Bertz CT molecular complexity index is 1080. The van der Waals surface area contributed by atoms with E-state index < -0.39 is 21.0 Å². The van der Waals surface area contributed by atoms with Gasteiger partial charge in [0.15, 0.2) is 9.84 Å². The third-order valence-corrected chi connectivity index (χ3v) is 6.70. The smallest absolute Gasteiger partial charge is 0.255 e. The average molecular weight is 410 g/mol. The standard InChI is InChI=1S/C22H22N2O4S/c1-16-9-11-18(12-10-16)29(26,27)21(17-6-5-13-23-14-17)15-24-22(25)19-7-3-4-8-20(19)28-2/h3-14,21H,15H2,1-2H3,(H,24,25)/t21-/m1/s1. The molecule has 7 heteroatoms. The summed E-state index contributed by atoms with van der Waals surface area (Å²) in [6, 6.07) is 16.8. The van der Waals surface area contributed by atoms with Crippen LogP contribution in [0.5, 0.6) is 5.75 Å². The molecule has 150 valence electrons. The zero-order valence-corrected chi connectivity index (χ0v) is 17.0. The lowest BCUT2D eigenvalue weighted by molar-refractivity contribution is 0.0950. The summed E-state index contributed by atoms with van der Waals surface area (Å²) < 4.78 is 31.8. The molecule has 1 atom stereocenters. The second-order valence-electron chi connectivity index (χ2n) is 6.54. The van der Waals surface area contributed by atoms with Gasteiger partial charge in [-0.25, -0.2) is 8.42 Å². The summed E-state index contributed by atoms with van der Waals surface area (Å²) >= 11 is 0. The lowest BCUT2D eigenvalue weighted by Gasteiger charge is -2.19. The van der Waals surface area contributed by atoms with Gasteiger partial charge in [-0.05, 0) is 42.8 Å². The van der Waals surface area contributed by atoms with Crippen molar-refractivity contribution in [3.8, 4) is 5.75 Å². The molecule has 0 fully saturated rings. The number of nitrogens with zero attached hydrogens (tertiary/aromatic N) is 1. The van der Waals surface area contributed by atoms with E-state index in [2.05, 4.69) is 10.3 Å². The summed E-state index contributed by atoms with van der Waals surface area (Å²) in [5, 5.41) is 1.76. The number of rotatable bonds is 7. The van der Waals surface area contributed by atoms with Crippen LogP contribution in [0.2, 0.25) is 0 Å². The third kappa shape index (κ3) is 4.63. The second kappa shape index (κ2) is 8.87. The number of para-hydroxylation sites is 1. The number of nitrogens with one attached hydrogen (secondary N) is 1. The molecule has 0 aliphatic rings.